The first-order chi connectivity index (χ1) is 13.3. The van der Waals surface area contributed by atoms with Gasteiger partial charge in [-0.05, 0) is 31.2 Å². The first-order valence-corrected chi connectivity index (χ1v) is 10.2. The van der Waals surface area contributed by atoms with Gasteiger partial charge >= 0.3 is 0 Å². The van der Waals surface area contributed by atoms with Gasteiger partial charge in [0.05, 0.1) is 31.0 Å². The van der Waals surface area contributed by atoms with Gasteiger partial charge in [0, 0.05) is 32.7 Å². The Morgan fingerprint density at radius 2 is 1.74 bits per heavy atom. The molecule has 3 aliphatic rings. The fraction of sp³-hybridized carbons (Fsp3) is 0.619. The van der Waals surface area contributed by atoms with E-state index in [1.54, 1.807) is 5.01 Å². The van der Waals surface area contributed by atoms with E-state index in [0.29, 0.717) is 13.1 Å². The lowest BCUT2D eigenvalue weighted by Crippen LogP contribution is -2.44. The van der Waals surface area contributed by atoms with Crippen molar-refractivity contribution < 1.29 is 14.3 Å². The molecule has 6 heteroatoms. The van der Waals surface area contributed by atoms with E-state index in [2.05, 4.69) is 10.0 Å². The standard InChI is InChI=1S/C21H29N3O3/c25-21(24-11-10-20(22-24)17-6-2-1-3-7-17)16-23(14-18-8-4-12-26-18)15-19-9-5-13-27-19/h1-3,6-7,18-19H,4-5,8-16H2. The van der Waals surface area contributed by atoms with Crippen LogP contribution >= 0.6 is 0 Å². The van der Waals surface area contributed by atoms with Crippen molar-refractivity contribution in [2.24, 2.45) is 5.10 Å². The monoisotopic (exact) mass is 371 g/mol. The number of hydrogen-bond donors (Lipinski definition) is 0. The fourth-order valence-corrected chi connectivity index (χ4v) is 4.10. The third-order valence-electron chi connectivity index (χ3n) is 5.53. The largest absolute Gasteiger partial charge is 0.377 e. The van der Waals surface area contributed by atoms with Crippen molar-refractivity contribution in [1.82, 2.24) is 9.91 Å². The zero-order valence-electron chi connectivity index (χ0n) is 15.9. The number of hydrogen-bond acceptors (Lipinski definition) is 5. The second-order valence-electron chi connectivity index (χ2n) is 7.64. The van der Waals surface area contributed by atoms with Crippen LogP contribution in [0.25, 0.3) is 0 Å². The molecule has 0 saturated carbocycles. The van der Waals surface area contributed by atoms with Crippen LogP contribution in [-0.2, 0) is 14.3 Å². The molecule has 0 bridgehead atoms. The summed E-state index contributed by atoms with van der Waals surface area (Å²) in [6.07, 6.45) is 5.67. The molecule has 1 amide bonds. The lowest BCUT2D eigenvalue weighted by molar-refractivity contribution is -0.132. The molecule has 3 heterocycles. The molecule has 6 nitrogen and oxygen atoms in total. The molecule has 0 N–H and O–H groups in total. The summed E-state index contributed by atoms with van der Waals surface area (Å²) in [5, 5.41) is 6.23. The smallest absolute Gasteiger partial charge is 0.256 e. The number of carbonyl (C=O) groups is 1. The summed E-state index contributed by atoms with van der Waals surface area (Å²) in [7, 11) is 0. The molecule has 0 aliphatic carbocycles. The van der Waals surface area contributed by atoms with E-state index in [1.165, 1.54) is 0 Å². The van der Waals surface area contributed by atoms with E-state index in [9.17, 15) is 4.79 Å². The second-order valence-corrected chi connectivity index (χ2v) is 7.64. The number of rotatable bonds is 7. The maximum Gasteiger partial charge on any atom is 0.256 e. The molecule has 2 unspecified atom stereocenters. The van der Waals surface area contributed by atoms with Crippen LogP contribution in [0.5, 0.6) is 0 Å². The molecule has 0 radical (unpaired) electrons. The zero-order chi connectivity index (χ0) is 18.5. The van der Waals surface area contributed by atoms with Gasteiger partial charge in [-0.25, -0.2) is 5.01 Å². The highest BCUT2D eigenvalue weighted by Gasteiger charge is 2.28. The van der Waals surface area contributed by atoms with Crippen LogP contribution in [0, 0.1) is 0 Å². The van der Waals surface area contributed by atoms with Crippen LogP contribution in [0.1, 0.15) is 37.7 Å². The van der Waals surface area contributed by atoms with Crippen molar-refractivity contribution in [3.05, 3.63) is 35.9 Å². The van der Waals surface area contributed by atoms with Gasteiger partial charge in [-0.3, -0.25) is 9.69 Å². The van der Waals surface area contributed by atoms with Gasteiger partial charge in [0.25, 0.3) is 5.91 Å². The quantitative estimate of drug-likeness (QED) is 0.738. The normalized spacial score (nSPS) is 25.4. The molecule has 2 saturated heterocycles. The number of carbonyl (C=O) groups excluding carboxylic acids is 1. The first kappa shape index (κ1) is 18.6. The molecular formula is C21H29N3O3. The Balaban J connectivity index is 1.37. The Bertz CT molecular complexity index is 634. The number of nitrogens with zero attached hydrogens (tertiary/aromatic N) is 3. The van der Waals surface area contributed by atoms with Crippen molar-refractivity contribution >= 4 is 11.6 Å². The average molecular weight is 371 g/mol. The summed E-state index contributed by atoms with van der Waals surface area (Å²) < 4.78 is 11.6. The molecule has 1 aromatic rings. The highest BCUT2D eigenvalue weighted by atomic mass is 16.5. The molecule has 4 rings (SSSR count). The summed E-state index contributed by atoms with van der Waals surface area (Å²) in [6, 6.07) is 10.1. The molecule has 3 aliphatic heterocycles. The molecule has 2 fully saturated rings. The van der Waals surface area contributed by atoms with Gasteiger partial charge in [0.15, 0.2) is 0 Å². The van der Waals surface area contributed by atoms with Gasteiger partial charge in [-0.2, -0.15) is 5.10 Å². The Hall–Kier alpha value is -1.76. The predicted molar refractivity (Wildman–Crippen MR) is 104 cm³/mol. The van der Waals surface area contributed by atoms with E-state index >= 15 is 0 Å². The van der Waals surface area contributed by atoms with Crippen LogP contribution in [0.3, 0.4) is 0 Å². The summed E-state index contributed by atoms with van der Waals surface area (Å²) >= 11 is 0. The summed E-state index contributed by atoms with van der Waals surface area (Å²) in [6.45, 7) is 4.32. The molecular weight excluding hydrogens is 342 g/mol. The minimum Gasteiger partial charge on any atom is -0.377 e. The molecule has 27 heavy (non-hydrogen) atoms. The third kappa shape index (κ3) is 4.94. The second kappa shape index (κ2) is 8.95. The molecule has 0 aromatic heterocycles. The van der Waals surface area contributed by atoms with E-state index in [4.69, 9.17) is 9.47 Å². The summed E-state index contributed by atoms with van der Waals surface area (Å²) in [5.74, 6) is 0.0666. The lowest BCUT2D eigenvalue weighted by atomic mass is 10.1. The molecule has 1 aromatic carbocycles. The van der Waals surface area contributed by atoms with E-state index in [1.807, 2.05) is 30.3 Å². The van der Waals surface area contributed by atoms with E-state index in [0.717, 1.165) is 69.7 Å². The topological polar surface area (TPSA) is 54.4 Å². The molecule has 0 spiro atoms. The number of hydrazone groups is 1. The third-order valence-corrected chi connectivity index (χ3v) is 5.53. The van der Waals surface area contributed by atoms with Gasteiger partial charge in [0.2, 0.25) is 0 Å². The number of amides is 1. The predicted octanol–water partition coefficient (Wildman–Crippen LogP) is 2.28. The number of ether oxygens (including phenoxy) is 2. The van der Waals surface area contributed by atoms with Crippen LogP contribution in [0.2, 0.25) is 0 Å². The van der Waals surface area contributed by atoms with Crippen LogP contribution < -0.4 is 0 Å². The van der Waals surface area contributed by atoms with Crippen molar-refractivity contribution in [3.8, 4) is 0 Å². The fourth-order valence-electron chi connectivity index (χ4n) is 4.10. The summed E-state index contributed by atoms with van der Waals surface area (Å²) in [4.78, 5) is 15.1. The summed E-state index contributed by atoms with van der Waals surface area (Å²) in [5.41, 5.74) is 2.09. The minimum absolute atomic E-state index is 0.0666. The van der Waals surface area contributed by atoms with Gasteiger partial charge in [-0.15, -0.1) is 0 Å². The van der Waals surface area contributed by atoms with Crippen LogP contribution in [-0.4, -0.2) is 73.1 Å². The van der Waals surface area contributed by atoms with Crippen LogP contribution in [0.4, 0.5) is 0 Å². The van der Waals surface area contributed by atoms with E-state index in [-0.39, 0.29) is 18.1 Å². The molecule has 2 atom stereocenters. The molecule has 146 valence electrons. The highest BCUT2D eigenvalue weighted by molar-refractivity contribution is 6.02. The van der Waals surface area contributed by atoms with Gasteiger partial charge in [0.1, 0.15) is 0 Å². The van der Waals surface area contributed by atoms with Gasteiger partial charge < -0.3 is 9.47 Å². The Labute approximate surface area is 161 Å². The van der Waals surface area contributed by atoms with Gasteiger partial charge in [-0.1, -0.05) is 30.3 Å². The van der Waals surface area contributed by atoms with Crippen LogP contribution in [0.15, 0.2) is 35.4 Å². The van der Waals surface area contributed by atoms with E-state index < -0.39 is 0 Å². The van der Waals surface area contributed by atoms with Crippen molar-refractivity contribution in [3.63, 3.8) is 0 Å². The zero-order valence-corrected chi connectivity index (χ0v) is 15.9. The van der Waals surface area contributed by atoms with Crippen molar-refractivity contribution in [2.75, 3.05) is 39.4 Å². The lowest BCUT2D eigenvalue weighted by Gasteiger charge is -2.28. The number of benzene rings is 1. The Morgan fingerprint density at radius 3 is 2.33 bits per heavy atom. The average Bonchev–Trinajstić information content (AvgIpc) is 3.45. The minimum atomic E-state index is 0.0666. The maximum atomic E-state index is 12.9. The van der Waals surface area contributed by atoms with Crippen molar-refractivity contribution in [2.45, 2.75) is 44.3 Å². The SMILES string of the molecule is O=C(CN(CC1CCCO1)CC1CCCO1)N1CCC(c2ccccc2)=N1. The first-order valence-electron chi connectivity index (χ1n) is 10.2. The van der Waals surface area contributed by atoms with Crippen molar-refractivity contribution in [1.29, 1.82) is 0 Å². The highest BCUT2D eigenvalue weighted by Crippen LogP contribution is 2.18. The Kier molecular flexibility index (Phi) is 6.17. The Morgan fingerprint density at radius 1 is 1.07 bits per heavy atom. The maximum absolute atomic E-state index is 12.9.